The van der Waals surface area contributed by atoms with Gasteiger partial charge in [-0.3, -0.25) is 4.79 Å². The van der Waals surface area contributed by atoms with Crippen LogP contribution in [0.15, 0.2) is 5.38 Å². The van der Waals surface area contributed by atoms with Gasteiger partial charge >= 0.3 is 5.97 Å². The van der Waals surface area contributed by atoms with E-state index < -0.39 is 11.4 Å². The summed E-state index contributed by atoms with van der Waals surface area (Å²) in [5, 5.41) is 12.0. The van der Waals surface area contributed by atoms with Gasteiger partial charge in [0.15, 0.2) is 0 Å². The van der Waals surface area contributed by atoms with Crippen LogP contribution in [-0.4, -0.2) is 22.6 Å². The lowest BCUT2D eigenvalue weighted by Crippen LogP contribution is -2.40. The van der Waals surface area contributed by atoms with E-state index in [0.29, 0.717) is 12.8 Å². The number of rotatable bonds is 5. The number of nitrogens with two attached hydrogens (primary N) is 1. The van der Waals surface area contributed by atoms with Gasteiger partial charge in [-0.1, -0.05) is 6.92 Å². The molecular weight excluding hydrogens is 212 g/mol. The summed E-state index contributed by atoms with van der Waals surface area (Å²) in [5.74, 6) is -0.835. The first-order valence-electron chi connectivity index (χ1n) is 4.88. The van der Waals surface area contributed by atoms with E-state index >= 15 is 0 Å². The summed E-state index contributed by atoms with van der Waals surface area (Å²) in [5.41, 5.74) is 5.53. The lowest BCUT2D eigenvalue weighted by Gasteiger charge is -2.25. The minimum Gasteiger partial charge on any atom is -0.481 e. The summed E-state index contributed by atoms with van der Waals surface area (Å²) in [6.07, 6.45) is 0.940. The standard InChI is InChI=1S/C10H16N2O2S/c1-3-10(6-11,9(13)14)4-8-5-15-7(2)12-8/h5H,3-4,6,11H2,1-2H3,(H,13,14). The molecule has 0 aliphatic heterocycles. The van der Waals surface area contributed by atoms with E-state index in [4.69, 9.17) is 5.73 Å². The maximum absolute atomic E-state index is 11.2. The highest BCUT2D eigenvalue weighted by Crippen LogP contribution is 2.26. The molecule has 0 aliphatic carbocycles. The van der Waals surface area contributed by atoms with E-state index in [0.717, 1.165) is 10.7 Å². The largest absolute Gasteiger partial charge is 0.481 e. The van der Waals surface area contributed by atoms with E-state index in [1.807, 2.05) is 19.2 Å². The van der Waals surface area contributed by atoms with Gasteiger partial charge < -0.3 is 10.8 Å². The normalized spacial score (nSPS) is 14.9. The molecule has 1 heterocycles. The zero-order valence-corrected chi connectivity index (χ0v) is 9.80. The Bertz CT molecular complexity index is 345. The summed E-state index contributed by atoms with van der Waals surface area (Å²) < 4.78 is 0. The van der Waals surface area contributed by atoms with Crippen molar-refractivity contribution in [1.82, 2.24) is 4.98 Å². The second kappa shape index (κ2) is 4.72. The molecule has 5 heteroatoms. The van der Waals surface area contributed by atoms with Gasteiger partial charge in [-0.15, -0.1) is 11.3 Å². The van der Waals surface area contributed by atoms with Crippen molar-refractivity contribution < 1.29 is 9.90 Å². The van der Waals surface area contributed by atoms with Crippen molar-refractivity contribution in [2.75, 3.05) is 6.54 Å². The van der Waals surface area contributed by atoms with Crippen LogP contribution >= 0.6 is 11.3 Å². The summed E-state index contributed by atoms with van der Waals surface area (Å²) in [6.45, 7) is 3.90. The zero-order chi connectivity index (χ0) is 11.5. The van der Waals surface area contributed by atoms with Crippen molar-refractivity contribution >= 4 is 17.3 Å². The molecule has 0 aliphatic rings. The Hall–Kier alpha value is -0.940. The van der Waals surface area contributed by atoms with E-state index in [2.05, 4.69) is 4.98 Å². The molecule has 1 aromatic rings. The first kappa shape index (κ1) is 12.1. The zero-order valence-electron chi connectivity index (χ0n) is 8.99. The molecule has 0 aromatic carbocycles. The third kappa shape index (κ3) is 2.54. The van der Waals surface area contributed by atoms with E-state index in [9.17, 15) is 9.90 Å². The van der Waals surface area contributed by atoms with Crippen molar-refractivity contribution in [3.63, 3.8) is 0 Å². The summed E-state index contributed by atoms with van der Waals surface area (Å²) >= 11 is 1.53. The van der Waals surface area contributed by atoms with Crippen LogP contribution in [0.5, 0.6) is 0 Å². The third-order valence-electron chi connectivity index (χ3n) is 2.71. The Morgan fingerprint density at radius 3 is 2.73 bits per heavy atom. The maximum atomic E-state index is 11.2. The molecule has 1 unspecified atom stereocenters. The van der Waals surface area contributed by atoms with Crippen LogP contribution in [0.3, 0.4) is 0 Å². The van der Waals surface area contributed by atoms with E-state index in [1.54, 1.807) is 0 Å². The molecule has 1 aromatic heterocycles. The van der Waals surface area contributed by atoms with Crippen LogP contribution in [0.2, 0.25) is 0 Å². The van der Waals surface area contributed by atoms with Crippen molar-refractivity contribution in [2.45, 2.75) is 26.7 Å². The number of aryl methyl sites for hydroxylation is 1. The van der Waals surface area contributed by atoms with Gasteiger partial charge in [0.05, 0.1) is 16.1 Å². The minimum atomic E-state index is -0.861. The maximum Gasteiger partial charge on any atom is 0.311 e. The number of thiazole rings is 1. The fourth-order valence-electron chi connectivity index (χ4n) is 1.49. The summed E-state index contributed by atoms with van der Waals surface area (Å²) in [7, 11) is 0. The van der Waals surface area contributed by atoms with Crippen LogP contribution in [0.25, 0.3) is 0 Å². The third-order valence-corrected chi connectivity index (χ3v) is 3.53. The Morgan fingerprint density at radius 2 is 2.40 bits per heavy atom. The van der Waals surface area contributed by atoms with Gasteiger partial charge in [-0.2, -0.15) is 0 Å². The first-order chi connectivity index (χ1) is 7.04. The van der Waals surface area contributed by atoms with Gasteiger partial charge in [-0.05, 0) is 13.3 Å². The fraction of sp³-hybridized carbons (Fsp3) is 0.600. The van der Waals surface area contributed by atoms with Crippen LogP contribution in [0.1, 0.15) is 24.0 Å². The molecular formula is C10H16N2O2S. The van der Waals surface area contributed by atoms with Gasteiger partial charge in [0.2, 0.25) is 0 Å². The molecule has 3 N–H and O–H groups in total. The second-order valence-corrected chi connectivity index (χ2v) is 4.74. The van der Waals surface area contributed by atoms with E-state index in [-0.39, 0.29) is 6.54 Å². The molecule has 15 heavy (non-hydrogen) atoms. The first-order valence-corrected chi connectivity index (χ1v) is 5.76. The number of aromatic nitrogens is 1. The number of carboxylic acids is 1. The molecule has 0 saturated heterocycles. The average molecular weight is 228 g/mol. The highest BCUT2D eigenvalue weighted by molar-refractivity contribution is 7.09. The summed E-state index contributed by atoms with van der Waals surface area (Å²) in [6, 6.07) is 0. The van der Waals surface area contributed by atoms with Crippen LogP contribution in [0, 0.1) is 12.3 Å². The Labute approximate surface area is 93.1 Å². The van der Waals surface area contributed by atoms with Gasteiger partial charge in [0.1, 0.15) is 0 Å². The van der Waals surface area contributed by atoms with Crippen LogP contribution in [-0.2, 0) is 11.2 Å². The number of carbonyl (C=O) groups is 1. The molecule has 1 rings (SSSR count). The predicted octanol–water partition coefficient (Wildman–Crippen LogP) is 1.43. The van der Waals surface area contributed by atoms with E-state index in [1.165, 1.54) is 11.3 Å². The average Bonchev–Trinajstić information content (AvgIpc) is 2.60. The summed E-state index contributed by atoms with van der Waals surface area (Å²) in [4.78, 5) is 15.5. The molecule has 84 valence electrons. The van der Waals surface area contributed by atoms with Gasteiger partial charge in [-0.25, -0.2) is 4.98 Å². The highest BCUT2D eigenvalue weighted by Gasteiger charge is 2.36. The van der Waals surface area contributed by atoms with Crippen molar-refractivity contribution in [3.05, 3.63) is 16.1 Å². The Balaban J connectivity index is 2.88. The lowest BCUT2D eigenvalue weighted by molar-refractivity contribution is -0.148. The quantitative estimate of drug-likeness (QED) is 0.799. The topological polar surface area (TPSA) is 76.2 Å². The van der Waals surface area contributed by atoms with Crippen molar-refractivity contribution in [2.24, 2.45) is 11.1 Å². The van der Waals surface area contributed by atoms with Crippen LogP contribution in [0.4, 0.5) is 0 Å². The van der Waals surface area contributed by atoms with Gasteiger partial charge in [0.25, 0.3) is 0 Å². The van der Waals surface area contributed by atoms with Crippen molar-refractivity contribution in [1.29, 1.82) is 0 Å². The van der Waals surface area contributed by atoms with Crippen LogP contribution < -0.4 is 5.73 Å². The monoisotopic (exact) mass is 228 g/mol. The number of hydrogen-bond acceptors (Lipinski definition) is 4. The number of nitrogens with zero attached hydrogens (tertiary/aromatic N) is 1. The minimum absolute atomic E-state index is 0.148. The molecule has 4 nitrogen and oxygen atoms in total. The van der Waals surface area contributed by atoms with Crippen molar-refractivity contribution in [3.8, 4) is 0 Å². The molecule has 0 bridgehead atoms. The predicted molar refractivity (Wildman–Crippen MR) is 60.0 cm³/mol. The number of aliphatic carboxylic acids is 1. The molecule has 1 atom stereocenters. The second-order valence-electron chi connectivity index (χ2n) is 3.68. The Morgan fingerprint density at radius 1 is 1.73 bits per heavy atom. The smallest absolute Gasteiger partial charge is 0.311 e. The fourth-order valence-corrected chi connectivity index (χ4v) is 2.10. The number of carboxylic acid groups (broad SMARTS) is 1. The lowest BCUT2D eigenvalue weighted by atomic mass is 9.81. The van der Waals surface area contributed by atoms with Gasteiger partial charge in [0, 0.05) is 18.3 Å². The molecule has 0 spiro atoms. The molecule has 0 radical (unpaired) electrons. The Kier molecular flexibility index (Phi) is 3.82. The SMILES string of the molecule is CCC(CN)(Cc1csc(C)n1)C(=O)O. The molecule has 0 amide bonds. The molecule has 0 fully saturated rings. The number of hydrogen-bond donors (Lipinski definition) is 2. The molecule has 0 saturated carbocycles. The highest BCUT2D eigenvalue weighted by atomic mass is 32.1.